The molecule has 1 unspecified atom stereocenters. The van der Waals surface area contributed by atoms with Crippen molar-refractivity contribution in [3.05, 3.63) is 82.1 Å². The number of hydrogen-bond acceptors (Lipinski definition) is 3. The van der Waals surface area contributed by atoms with Gasteiger partial charge in [-0.2, -0.15) is 0 Å². The maximum atomic E-state index is 12.9. The standard InChI is InChI=1S/C22H21N3O3/c26-20-11-6-12-25(20)14-19(15-7-2-1-3-8-15)24-22(28)17-13-16-9-4-5-10-18(16)23-21(17)27/h1-5,7-10,13,19H,6,11-12,14H2,(H,23,27)(H,24,28). The Bertz CT molecular complexity index is 1080. The van der Waals surface area contributed by atoms with Gasteiger partial charge in [-0.25, -0.2) is 0 Å². The summed E-state index contributed by atoms with van der Waals surface area (Å²) >= 11 is 0. The molecule has 0 aliphatic carbocycles. The number of rotatable bonds is 5. The SMILES string of the molecule is O=C(NC(CN1CCCC1=O)c1ccccc1)c1cc2ccccc2[nH]c1=O. The van der Waals surface area contributed by atoms with Gasteiger partial charge in [0.05, 0.1) is 6.04 Å². The van der Waals surface area contributed by atoms with E-state index < -0.39 is 11.5 Å². The van der Waals surface area contributed by atoms with E-state index in [2.05, 4.69) is 10.3 Å². The summed E-state index contributed by atoms with van der Waals surface area (Å²) in [6.45, 7) is 1.08. The molecular weight excluding hydrogens is 354 g/mol. The van der Waals surface area contributed by atoms with Crippen molar-refractivity contribution in [2.45, 2.75) is 18.9 Å². The summed E-state index contributed by atoms with van der Waals surface area (Å²) in [4.78, 5) is 41.9. The smallest absolute Gasteiger partial charge is 0.261 e. The van der Waals surface area contributed by atoms with Crippen LogP contribution in [0.25, 0.3) is 10.9 Å². The average Bonchev–Trinajstić information content (AvgIpc) is 3.12. The fraction of sp³-hybridized carbons (Fsp3) is 0.227. The van der Waals surface area contributed by atoms with Gasteiger partial charge in [0.2, 0.25) is 5.91 Å². The van der Waals surface area contributed by atoms with Gasteiger partial charge in [-0.15, -0.1) is 0 Å². The van der Waals surface area contributed by atoms with Gasteiger partial charge in [0, 0.05) is 25.0 Å². The molecule has 1 saturated heterocycles. The number of nitrogens with zero attached hydrogens (tertiary/aromatic N) is 1. The van der Waals surface area contributed by atoms with Crippen molar-refractivity contribution >= 4 is 22.7 Å². The molecule has 142 valence electrons. The topological polar surface area (TPSA) is 82.3 Å². The minimum Gasteiger partial charge on any atom is -0.343 e. The first-order chi connectivity index (χ1) is 13.6. The van der Waals surface area contributed by atoms with Crippen LogP contribution < -0.4 is 10.9 Å². The van der Waals surface area contributed by atoms with Gasteiger partial charge in [-0.1, -0.05) is 48.5 Å². The minimum atomic E-state index is -0.451. The molecule has 6 nitrogen and oxygen atoms in total. The monoisotopic (exact) mass is 375 g/mol. The molecule has 1 fully saturated rings. The maximum Gasteiger partial charge on any atom is 0.261 e. The summed E-state index contributed by atoms with van der Waals surface area (Å²) in [6, 6.07) is 18.1. The van der Waals surface area contributed by atoms with Crippen LogP contribution in [0.1, 0.15) is 34.8 Å². The first-order valence-corrected chi connectivity index (χ1v) is 9.37. The Morgan fingerprint density at radius 1 is 1.07 bits per heavy atom. The van der Waals surface area contributed by atoms with E-state index in [0.717, 1.165) is 17.4 Å². The van der Waals surface area contributed by atoms with Crippen molar-refractivity contribution in [3.63, 3.8) is 0 Å². The highest BCUT2D eigenvalue weighted by atomic mass is 16.2. The lowest BCUT2D eigenvalue weighted by atomic mass is 10.1. The van der Waals surface area contributed by atoms with Crippen molar-refractivity contribution in [3.8, 4) is 0 Å². The number of amides is 2. The molecule has 1 aromatic heterocycles. The Labute approximate surface area is 162 Å². The number of pyridine rings is 1. The highest BCUT2D eigenvalue weighted by molar-refractivity contribution is 5.97. The number of H-pyrrole nitrogens is 1. The fourth-order valence-electron chi connectivity index (χ4n) is 3.59. The van der Waals surface area contributed by atoms with Gasteiger partial charge in [0.1, 0.15) is 5.56 Å². The Morgan fingerprint density at radius 3 is 2.57 bits per heavy atom. The summed E-state index contributed by atoms with van der Waals surface area (Å²) in [5.41, 5.74) is 1.21. The number of aromatic amines is 1. The van der Waals surface area contributed by atoms with Gasteiger partial charge in [0.25, 0.3) is 11.5 Å². The van der Waals surface area contributed by atoms with Gasteiger partial charge in [-0.05, 0) is 29.5 Å². The van der Waals surface area contributed by atoms with Crippen molar-refractivity contribution in [2.24, 2.45) is 0 Å². The Kier molecular flexibility index (Phi) is 4.93. The van der Waals surface area contributed by atoms with Crippen LogP contribution in [0.4, 0.5) is 0 Å². The molecule has 2 N–H and O–H groups in total. The Hall–Kier alpha value is -3.41. The largest absolute Gasteiger partial charge is 0.343 e. The molecule has 2 aromatic carbocycles. The average molecular weight is 375 g/mol. The van der Waals surface area contributed by atoms with Crippen LogP contribution in [-0.2, 0) is 4.79 Å². The van der Waals surface area contributed by atoms with Gasteiger partial charge >= 0.3 is 0 Å². The Morgan fingerprint density at radius 2 is 1.82 bits per heavy atom. The molecule has 28 heavy (non-hydrogen) atoms. The zero-order valence-corrected chi connectivity index (χ0v) is 15.4. The quantitative estimate of drug-likeness (QED) is 0.719. The first kappa shape index (κ1) is 18.0. The van der Waals surface area contributed by atoms with E-state index >= 15 is 0 Å². The number of benzene rings is 2. The van der Waals surface area contributed by atoms with E-state index in [-0.39, 0.29) is 17.5 Å². The second kappa shape index (κ2) is 7.68. The third-order valence-corrected chi connectivity index (χ3v) is 5.08. The molecule has 2 amide bonds. The molecule has 1 atom stereocenters. The first-order valence-electron chi connectivity index (χ1n) is 9.37. The number of fused-ring (bicyclic) bond motifs is 1. The van der Waals surface area contributed by atoms with Crippen molar-refractivity contribution in [1.82, 2.24) is 15.2 Å². The van der Waals surface area contributed by atoms with E-state index in [1.807, 2.05) is 48.5 Å². The van der Waals surface area contributed by atoms with Crippen LogP contribution >= 0.6 is 0 Å². The number of para-hydroxylation sites is 1. The summed E-state index contributed by atoms with van der Waals surface area (Å²) in [7, 11) is 0. The summed E-state index contributed by atoms with van der Waals surface area (Å²) in [5.74, 6) is -0.355. The lowest BCUT2D eigenvalue weighted by Gasteiger charge is -2.25. The summed E-state index contributed by atoms with van der Waals surface area (Å²) in [6.07, 6.45) is 1.37. The van der Waals surface area contributed by atoms with Crippen molar-refractivity contribution in [2.75, 3.05) is 13.1 Å². The molecule has 1 aliphatic heterocycles. The third-order valence-electron chi connectivity index (χ3n) is 5.08. The third kappa shape index (κ3) is 3.67. The van der Waals surface area contributed by atoms with E-state index in [9.17, 15) is 14.4 Å². The molecule has 0 bridgehead atoms. The summed E-state index contributed by atoms with van der Waals surface area (Å²) < 4.78 is 0. The predicted octanol–water partition coefficient (Wildman–Crippen LogP) is 2.62. The predicted molar refractivity (Wildman–Crippen MR) is 107 cm³/mol. The number of carbonyl (C=O) groups is 2. The number of hydrogen-bond donors (Lipinski definition) is 2. The molecule has 0 spiro atoms. The van der Waals surface area contributed by atoms with Gasteiger partial charge in [-0.3, -0.25) is 14.4 Å². The lowest BCUT2D eigenvalue weighted by molar-refractivity contribution is -0.128. The maximum absolute atomic E-state index is 12.9. The molecule has 1 aliphatic rings. The van der Waals surface area contributed by atoms with Crippen LogP contribution in [0.2, 0.25) is 0 Å². The zero-order valence-electron chi connectivity index (χ0n) is 15.4. The molecule has 4 rings (SSSR count). The number of likely N-dealkylation sites (tertiary alicyclic amines) is 1. The molecule has 0 radical (unpaired) electrons. The van der Waals surface area contributed by atoms with Crippen molar-refractivity contribution < 1.29 is 9.59 Å². The molecule has 6 heteroatoms. The molecule has 2 heterocycles. The van der Waals surface area contributed by atoms with Crippen LogP contribution in [0.15, 0.2) is 65.5 Å². The molecular formula is C22H21N3O3. The van der Waals surface area contributed by atoms with E-state index in [1.165, 1.54) is 0 Å². The highest BCUT2D eigenvalue weighted by Crippen LogP contribution is 2.19. The highest BCUT2D eigenvalue weighted by Gasteiger charge is 2.26. The molecule has 0 saturated carbocycles. The van der Waals surface area contributed by atoms with Crippen LogP contribution in [0.5, 0.6) is 0 Å². The van der Waals surface area contributed by atoms with Crippen LogP contribution in [0.3, 0.4) is 0 Å². The molecule has 3 aromatic rings. The van der Waals surface area contributed by atoms with Gasteiger partial charge < -0.3 is 15.2 Å². The van der Waals surface area contributed by atoms with E-state index in [0.29, 0.717) is 25.0 Å². The lowest BCUT2D eigenvalue weighted by Crippen LogP contribution is -2.40. The number of carbonyl (C=O) groups excluding carboxylic acids is 2. The minimum absolute atomic E-state index is 0.0624. The van der Waals surface area contributed by atoms with Gasteiger partial charge in [0.15, 0.2) is 0 Å². The van der Waals surface area contributed by atoms with E-state index in [1.54, 1.807) is 17.0 Å². The zero-order chi connectivity index (χ0) is 19.5. The number of aromatic nitrogens is 1. The van der Waals surface area contributed by atoms with Crippen LogP contribution in [-0.4, -0.2) is 34.8 Å². The second-order valence-electron chi connectivity index (χ2n) is 6.98. The van der Waals surface area contributed by atoms with Crippen molar-refractivity contribution in [1.29, 1.82) is 0 Å². The van der Waals surface area contributed by atoms with Crippen LogP contribution in [0, 0.1) is 0 Å². The normalized spacial score (nSPS) is 15.0. The fourth-order valence-corrected chi connectivity index (χ4v) is 3.59. The number of nitrogens with one attached hydrogen (secondary N) is 2. The second-order valence-corrected chi connectivity index (χ2v) is 6.98. The van der Waals surface area contributed by atoms with E-state index in [4.69, 9.17) is 0 Å². The Balaban J connectivity index is 1.62. The summed E-state index contributed by atoms with van der Waals surface area (Å²) in [5, 5.41) is 3.74.